The highest BCUT2D eigenvalue weighted by Gasteiger charge is 2.29. The Balaban J connectivity index is 3.18. The van der Waals surface area contributed by atoms with Crippen molar-refractivity contribution in [2.24, 2.45) is 0 Å². The van der Waals surface area contributed by atoms with Crippen LogP contribution in [0.2, 0.25) is 5.02 Å². The lowest BCUT2D eigenvalue weighted by atomic mass is 10.2. The molecule has 1 aromatic rings. The number of rotatable bonds is 5. The first-order valence-electron chi connectivity index (χ1n) is 6.18. The average Bonchev–Trinajstić information content (AvgIpc) is 2.26. The predicted molar refractivity (Wildman–Crippen MR) is 81.5 cm³/mol. The second-order valence-electron chi connectivity index (χ2n) is 4.88. The van der Waals surface area contributed by atoms with Crippen LogP contribution >= 0.6 is 11.6 Å². The van der Waals surface area contributed by atoms with Crippen LogP contribution in [0.15, 0.2) is 24.3 Å². The van der Waals surface area contributed by atoms with E-state index in [9.17, 15) is 13.2 Å². The van der Waals surface area contributed by atoms with Crippen molar-refractivity contribution < 1.29 is 13.2 Å². The molecule has 0 aliphatic rings. The number of nitrogens with one attached hydrogen (secondary N) is 1. The van der Waals surface area contributed by atoms with Crippen molar-refractivity contribution >= 4 is 33.2 Å². The normalized spacial score (nSPS) is 13.1. The molecule has 112 valence electrons. The second kappa shape index (κ2) is 6.45. The van der Waals surface area contributed by atoms with Gasteiger partial charge in [-0.25, -0.2) is 8.42 Å². The molecule has 0 heterocycles. The molecule has 0 saturated carbocycles. The van der Waals surface area contributed by atoms with Gasteiger partial charge in [0, 0.05) is 11.1 Å². The number of carbonyl (C=O) groups is 1. The molecule has 0 saturated heterocycles. The third-order valence-electron chi connectivity index (χ3n) is 2.58. The molecule has 0 bridgehead atoms. The third kappa shape index (κ3) is 4.38. The molecule has 0 spiro atoms. The van der Waals surface area contributed by atoms with Gasteiger partial charge in [-0.15, -0.1) is 0 Å². The smallest absolute Gasteiger partial charge is 0.243 e. The number of anilines is 1. The molecule has 1 atom stereocenters. The number of halogens is 1. The van der Waals surface area contributed by atoms with Gasteiger partial charge in [-0.2, -0.15) is 0 Å². The van der Waals surface area contributed by atoms with Crippen LogP contribution in [0.1, 0.15) is 20.8 Å². The lowest BCUT2D eigenvalue weighted by Crippen LogP contribution is -2.49. The number of amides is 1. The Bertz CT molecular complexity index is 587. The van der Waals surface area contributed by atoms with Crippen LogP contribution in [-0.4, -0.2) is 32.7 Å². The summed E-state index contributed by atoms with van der Waals surface area (Å²) in [5, 5.41) is 3.11. The minimum absolute atomic E-state index is 0.0641. The number of hydrogen-bond acceptors (Lipinski definition) is 3. The molecule has 1 N–H and O–H groups in total. The van der Waals surface area contributed by atoms with Crippen LogP contribution in [0.25, 0.3) is 0 Å². The second-order valence-corrected chi connectivity index (χ2v) is 7.17. The minimum atomic E-state index is -3.60. The van der Waals surface area contributed by atoms with Crippen molar-refractivity contribution in [3.63, 3.8) is 0 Å². The lowest BCUT2D eigenvalue weighted by molar-refractivity contribution is -0.122. The molecule has 20 heavy (non-hydrogen) atoms. The molecule has 1 amide bonds. The maximum atomic E-state index is 12.0. The zero-order valence-corrected chi connectivity index (χ0v) is 13.5. The molecule has 0 aromatic heterocycles. The van der Waals surface area contributed by atoms with E-state index in [1.807, 2.05) is 13.8 Å². The summed E-state index contributed by atoms with van der Waals surface area (Å²) in [6.45, 7) is 5.17. The summed E-state index contributed by atoms with van der Waals surface area (Å²) in [6, 6.07) is 5.48. The van der Waals surface area contributed by atoms with Gasteiger partial charge in [0.2, 0.25) is 15.9 Å². The van der Waals surface area contributed by atoms with Crippen molar-refractivity contribution in [1.29, 1.82) is 0 Å². The Kier molecular flexibility index (Phi) is 5.42. The van der Waals surface area contributed by atoms with Gasteiger partial charge in [0.15, 0.2) is 0 Å². The zero-order valence-electron chi connectivity index (χ0n) is 11.9. The van der Waals surface area contributed by atoms with Crippen molar-refractivity contribution in [1.82, 2.24) is 5.32 Å². The van der Waals surface area contributed by atoms with E-state index in [0.29, 0.717) is 10.7 Å². The van der Waals surface area contributed by atoms with Gasteiger partial charge < -0.3 is 5.32 Å². The molecule has 7 heteroatoms. The van der Waals surface area contributed by atoms with E-state index < -0.39 is 16.1 Å². The Morgan fingerprint density at radius 2 is 1.90 bits per heavy atom. The van der Waals surface area contributed by atoms with E-state index in [2.05, 4.69) is 5.32 Å². The van der Waals surface area contributed by atoms with E-state index >= 15 is 0 Å². The molecule has 0 aliphatic heterocycles. The third-order valence-corrected chi connectivity index (χ3v) is 4.06. The summed E-state index contributed by atoms with van der Waals surface area (Å²) in [4.78, 5) is 12.0. The highest BCUT2D eigenvalue weighted by Crippen LogP contribution is 2.24. The van der Waals surface area contributed by atoms with E-state index in [4.69, 9.17) is 11.6 Å². The fourth-order valence-corrected chi connectivity index (χ4v) is 3.18. The van der Waals surface area contributed by atoms with Crippen molar-refractivity contribution in [3.8, 4) is 0 Å². The number of benzene rings is 1. The van der Waals surface area contributed by atoms with Crippen molar-refractivity contribution in [2.45, 2.75) is 32.9 Å². The SMILES string of the molecule is CC(C)NC(=O)[C@H](C)N(c1cccc(Cl)c1)S(C)(=O)=O. The van der Waals surface area contributed by atoms with Crippen molar-refractivity contribution in [2.75, 3.05) is 10.6 Å². The van der Waals surface area contributed by atoms with E-state index in [1.54, 1.807) is 25.1 Å². The Morgan fingerprint density at radius 3 is 2.35 bits per heavy atom. The molecule has 1 aromatic carbocycles. The van der Waals surface area contributed by atoms with Crippen LogP contribution in [0, 0.1) is 0 Å². The minimum Gasteiger partial charge on any atom is -0.352 e. The number of carbonyl (C=O) groups excluding carboxylic acids is 1. The van der Waals surface area contributed by atoms with Crippen LogP contribution < -0.4 is 9.62 Å². The van der Waals surface area contributed by atoms with Gasteiger partial charge in [0.25, 0.3) is 0 Å². The maximum absolute atomic E-state index is 12.0. The monoisotopic (exact) mass is 318 g/mol. The molecule has 0 aliphatic carbocycles. The van der Waals surface area contributed by atoms with Gasteiger partial charge in [0.1, 0.15) is 6.04 Å². The fraction of sp³-hybridized carbons (Fsp3) is 0.462. The van der Waals surface area contributed by atoms with E-state index in [0.717, 1.165) is 10.6 Å². The zero-order chi connectivity index (χ0) is 15.5. The molecule has 0 fully saturated rings. The largest absolute Gasteiger partial charge is 0.352 e. The van der Waals surface area contributed by atoms with Gasteiger partial charge >= 0.3 is 0 Å². The van der Waals surface area contributed by atoms with Crippen LogP contribution in [0.4, 0.5) is 5.69 Å². The molecule has 0 unspecified atom stereocenters. The van der Waals surface area contributed by atoms with Crippen LogP contribution in [-0.2, 0) is 14.8 Å². The molecular formula is C13H19ClN2O3S. The quantitative estimate of drug-likeness (QED) is 0.903. The maximum Gasteiger partial charge on any atom is 0.243 e. The highest BCUT2D eigenvalue weighted by molar-refractivity contribution is 7.92. The standard InChI is InChI=1S/C13H19ClN2O3S/c1-9(2)15-13(17)10(3)16(20(4,18)19)12-7-5-6-11(14)8-12/h5-10H,1-4H3,(H,15,17)/t10-/m0/s1. The van der Waals surface area contributed by atoms with E-state index in [-0.39, 0.29) is 11.9 Å². The summed E-state index contributed by atoms with van der Waals surface area (Å²) in [5.41, 5.74) is 0.367. The summed E-state index contributed by atoms with van der Waals surface area (Å²) in [5.74, 6) is -0.356. The fourth-order valence-electron chi connectivity index (χ4n) is 1.83. The molecular weight excluding hydrogens is 300 g/mol. The Hall–Kier alpha value is -1.27. The van der Waals surface area contributed by atoms with Gasteiger partial charge in [0.05, 0.1) is 11.9 Å². The summed E-state index contributed by atoms with van der Waals surface area (Å²) < 4.78 is 25.0. The van der Waals surface area contributed by atoms with Gasteiger partial charge in [-0.3, -0.25) is 9.10 Å². The van der Waals surface area contributed by atoms with Gasteiger partial charge in [-0.05, 0) is 39.0 Å². The van der Waals surface area contributed by atoms with Crippen LogP contribution in [0.3, 0.4) is 0 Å². The summed E-state index contributed by atoms with van der Waals surface area (Å²) in [6.07, 6.45) is 1.06. The lowest BCUT2D eigenvalue weighted by Gasteiger charge is -2.28. The van der Waals surface area contributed by atoms with Crippen molar-refractivity contribution in [3.05, 3.63) is 29.3 Å². The number of sulfonamides is 1. The van der Waals surface area contributed by atoms with E-state index in [1.165, 1.54) is 6.07 Å². The topological polar surface area (TPSA) is 66.5 Å². The summed E-state index contributed by atoms with van der Waals surface area (Å²) in [7, 11) is -3.60. The molecule has 5 nitrogen and oxygen atoms in total. The highest BCUT2D eigenvalue weighted by atomic mass is 35.5. The molecule has 1 rings (SSSR count). The first kappa shape index (κ1) is 16.8. The van der Waals surface area contributed by atoms with Crippen LogP contribution in [0.5, 0.6) is 0 Å². The number of nitrogens with zero attached hydrogens (tertiary/aromatic N) is 1. The average molecular weight is 319 g/mol. The predicted octanol–water partition coefficient (Wildman–Crippen LogP) is 2.02. The Morgan fingerprint density at radius 1 is 1.30 bits per heavy atom. The Labute approximate surface area is 125 Å². The summed E-state index contributed by atoms with van der Waals surface area (Å²) >= 11 is 5.89. The first-order chi connectivity index (χ1) is 9.12. The first-order valence-corrected chi connectivity index (χ1v) is 8.41. The molecule has 0 radical (unpaired) electrons. The number of hydrogen-bond donors (Lipinski definition) is 1. The van der Waals surface area contributed by atoms with Gasteiger partial charge in [-0.1, -0.05) is 17.7 Å².